The maximum Gasteiger partial charge on any atom is 0.295 e. The maximum absolute atomic E-state index is 13.1. The van der Waals surface area contributed by atoms with E-state index in [0.29, 0.717) is 21.9 Å². The average molecular weight is 469 g/mol. The summed E-state index contributed by atoms with van der Waals surface area (Å²) in [5, 5.41) is 11.8. The lowest BCUT2D eigenvalue weighted by molar-refractivity contribution is -0.140. The monoisotopic (exact) mass is 468 g/mol. The zero-order valence-corrected chi connectivity index (χ0v) is 18.5. The molecule has 1 unspecified atom stereocenters. The fourth-order valence-electron chi connectivity index (χ4n) is 3.75. The van der Waals surface area contributed by atoms with Crippen LogP contribution in [0.3, 0.4) is 0 Å². The van der Waals surface area contributed by atoms with Crippen LogP contribution >= 0.6 is 23.2 Å². The zero-order chi connectivity index (χ0) is 22.8. The molecule has 8 heteroatoms. The molecule has 1 N–H and O–H groups in total. The number of para-hydroxylation sites is 1. The Morgan fingerprint density at radius 1 is 1.09 bits per heavy atom. The van der Waals surface area contributed by atoms with Gasteiger partial charge in [0, 0.05) is 18.9 Å². The van der Waals surface area contributed by atoms with Gasteiger partial charge >= 0.3 is 0 Å². The van der Waals surface area contributed by atoms with E-state index in [0.717, 1.165) is 5.56 Å². The molecular weight excluding hydrogens is 451 g/mol. The molecular formula is C24H18Cl2N2O4. The van der Waals surface area contributed by atoms with E-state index in [4.69, 9.17) is 27.9 Å². The van der Waals surface area contributed by atoms with Crippen molar-refractivity contribution in [1.82, 2.24) is 9.88 Å². The Bertz CT molecular complexity index is 1230. The molecule has 4 rings (SSSR count). The van der Waals surface area contributed by atoms with Crippen LogP contribution in [0.15, 0.2) is 72.6 Å². The maximum atomic E-state index is 13.1. The normalized spacial score (nSPS) is 17.6. The second-order valence-electron chi connectivity index (χ2n) is 7.16. The topological polar surface area (TPSA) is 79.7 Å². The van der Waals surface area contributed by atoms with Gasteiger partial charge in [-0.3, -0.25) is 14.6 Å². The summed E-state index contributed by atoms with van der Waals surface area (Å²) in [6, 6.07) is 14.3. The van der Waals surface area contributed by atoms with Gasteiger partial charge in [0.2, 0.25) is 0 Å². The molecule has 1 atom stereocenters. The van der Waals surface area contributed by atoms with E-state index in [9.17, 15) is 14.7 Å². The van der Waals surface area contributed by atoms with Crippen LogP contribution in [0.2, 0.25) is 10.0 Å². The number of ketones is 1. The molecule has 1 aliphatic rings. The number of pyridine rings is 1. The highest BCUT2D eigenvalue weighted by atomic mass is 35.5. The van der Waals surface area contributed by atoms with E-state index in [1.54, 1.807) is 67.0 Å². The van der Waals surface area contributed by atoms with Crippen molar-refractivity contribution in [2.45, 2.75) is 12.6 Å². The van der Waals surface area contributed by atoms with E-state index < -0.39 is 17.7 Å². The van der Waals surface area contributed by atoms with Gasteiger partial charge in [-0.05, 0) is 41.5 Å². The van der Waals surface area contributed by atoms with Crippen LogP contribution in [-0.2, 0) is 16.1 Å². The van der Waals surface area contributed by atoms with Crippen LogP contribution in [0.5, 0.6) is 5.75 Å². The highest BCUT2D eigenvalue weighted by molar-refractivity contribution is 6.46. The molecule has 2 aromatic carbocycles. The first kappa shape index (κ1) is 21.9. The molecule has 0 spiro atoms. The molecule has 1 saturated heterocycles. The van der Waals surface area contributed by atoms with Gasteiger partial charge in [-0.2, -0.15) is 0 Å². The van der Waals surface area contributed by atoms with Gasteiger partial charge in [-0.15, -0.1) is 0 Å². The number of carbonyl (C=O) groups is 2. The first-order valence-corrected chi connectivity index (χ1v) is 10.4. The number of benzene rings is 2. The van der Waals surface area contributed by atoms with Crippen LogP contribution in [0.4, 0.5) is 0 Å². The van der Waals surface area contributed by atoms with Crippen LogP contribution in [0.1, 0.15) is 22.7 Å². The summed E-state index contributed by atoms with van der Waals surface area (Å²) in [7, 11) is 1.46. The minimum Gasteiger partial charge on any atom is -0.507 e. The van der Waals surface area contributed by atoms with Crippen molar-refractivity contribution in [2.24, 2.45) is 0 Å². The van der Waals surface area contributed by atoms with Gasteiger partial charge in [0.25, 0.3) is 11.7 Å². The number of likely N-dealkylation sites (tertiary alicyclic amines) is 1. The van der Waals surface area contributed by atoms with Gasteiger partial charge in [0.1, 0.15) is 11.5 Å². The zero-order valence-electron chi connectivity index (χ0n) is 17.0. The number of aromatic nitrogens is 1. The Morgan fingerprint density at radius 2 is 1.88 bits per heavy atom. The summed E-state index contributed by atoms with van der Waals surface area (Å²) in [5.74, 6) is -1.49. The summed E-state index contributed by atoms with van der Waals surface area (Å²) < 4.78 is 5.34. The van der Waals surface area contributed by atoms with E-state index in [-0.39, 0.29) is 22.9 Å². The predicted molar refractivity (Wildman–Crippen MR) is 122 cm³/mol. The smallest absolute Gasteiger partial charge is 0.295 e. The molecule has 6 nitrogen and oxygen atoms in total. The summed E-state index contributed by atoms with van der Waals surface area (Å²) in [4.78, 5) is 31.7. The Labute approximate surface area is 194 Å². The third kappa shape index (κ3) is 3.95. The van der Waals surface area contributed by atoms with Gasteiger partial charge in [-0.1, -0.05) is 47.5 Å². The third-order valence-electron chi connectivity index (χ3n) is 5.24. The summed E-state index contributed by atoms with van der Waals surface area (Å²) in [6.07, 6.45) is 3.24. The van der Waals surface area contributed by atoms with E-state index >= 15 is 0 Å². The van der Waals surface area contributed by atoms with E-state index in [1.807, 2.05) is 0 Å². The summed E-state index contributed by atoms with van der Waals surface area (Å²) in [6.45, 7) is 0.117. The number of amides is 1. The highest BCUT2D eigenvalue weighted by Gasteiger charge is 2.46. The lowest BCUT2D eigenvalue weighted by atomic mass is 9.95. The quantitative estimate of drug-likeness (QED) is 0.323. The number of Topliss-reactive ketones (excluding diaryl/α,β-unsaturated/α-hetero) is 1. The molecule has 3 aromatic rings. The van der Waals surface area contributed by atoms with Gasteiger partial charge in [-0.25, -0.2) is 0 Å². The fourth-order valence-corrected chi connectivity index (χ4v) is 4.05. The number of aliphatic hydroxyl groups is 1. The van der Waals surface area contributed by atoms with Crippen molar-refractivity contribution in [3.63, 3.8) is 0 Å². The predicted octanol–water partition coefficient (Wildman–Crippen LogP) is 5.02. The second-order valence-corrected chi connectivity index (χ2v) is 7.98. The number of nitrogens with zero attached hydrogens (tertiary/aromatic N) is 2. The van der Waals surface area contributed by atoms with Crippen molar-refractivity contribution in [3.05, 3.63) is 99.3 Å². The van der Waals surface area contributed by atoms with Gasteiger partial charge < -0.3 is 14.7 Å². The Morgan fingerprint density at radius 3 is 2.56 bits per heavy atom. The molecule has 1 amide bonds. The van der Waals surface area contributed by atoms with Crippen molar-refractivity contribution >= 4 is 40.7 Å². The molecule has 162 valence electrons. The van der Waals surface area contributed by atoms with E-state index in [2.05, 4.69) is 4.98 Å². The molecule has 1 fully saturated rings. The standard InChI is InChI=1S/C24H18Cl2N2O4/c1-32-19-7-3-2-6-16(19)22(29)20-21(15-8-9-17(25)18(26)11-15)28(24(31)23(20)30)13-14-5-4-10-27-12-14/h2-12,21,29H,13H2,1H3/b22-20-. The number of ether oxygens (including phenoxy) is 1. The third-order valence-corrected chi connectivity index (χ3v) is 5.98. The van der Waals surface area contributed by atoms with Crippen molar-refractivity contribution < 1.29 is 19.4 Å². The summed E-state index contributed by atoms with van der Waals surface area (Å²) in [5.41, 5.74) is 1.52. The van der Waals surface area contributed by atoms with Crippen molar-refractivity contribution in [2.75, 3.05) is 7.11 Å². The van der Waals surface area contributed by atoms with Crippen LogP contribution < -0.4 is 4.74 Å². The molecule has 32 heavy (non-hydrogen) atoms. The number of carbonyl (C=O) groups excluding carboxylic acids is 2. The Kier molecular flexibility index (Phi) is 6.17. The first-order valence-electron chi connectivity index (χ1n) is 9.68. The molecule has 0 radical (unpaired) electrons. The molecule has 0 bridgehead atoms. The number of aliphatic hydroxyl groups excluding tert-OH is 1. The van der Waals surface area contributed by atoms with Crippen LogP contribution in [-0.4, -0.2) is 33.8 Å². The highest BCUT2D eigenvalue weighted by Crippen LogP contribution is 2.42. The van der Waals surface area contributed by atoms with Gasteiger partial charge in [0.15, 0.2) is 0 Å². The Hall–Kier alpha value is -3.35. The minimum absolute atomic E-state index is 0.0539. The van der Waals surface area contributed by atoms with Crippen LogP contribution in [0.25, 0.3) is 5.76 Å². The van der Waals surface area contributed by atoms with Gasteiger partial charge in [0.05, 0.1) is 34.3 Å². The molecule has 0 aliphatic carbocycles. The molecule has 1 aromatic heterocycles. The van der Waals surface area contributed by atoms with Crippen molar-refractivity contribution in [1.29, 1.82) is 0 Å². The molecule has 2 heterocycles. The lowest BCUT2D eigenvalue weighted by Crippen LogP contribution is -2.29. The minimum atomic E-state index is -0.880. The molecule has 1 aliphatic heterocycles. The molecule has 0 saturated carbocycles. The SMILES string of the molecule is COc1ccccc1/C(O)=C1/C(=O)C(=O)N(Cc2cccnc2)C1c1ccc(Cl)c(Cl)c1. The Balaban J connectivity index is 1.91. The second kappa shape index (κ2) is 9.02. The number of rotatable bonds is 5. The number of methoxy groups -OCH3 is 1. The summed E-state index contributed by atoms with van der Waals surface area (Å²) >= 11 is 12.3. The number of hydrogen-bond acceptors (Lipinski definition) is 5. The van der Waals surface area contributed by atoms with E-state index in [1.165, 1.54) is 12.0 Å². The first-order chi connectivity index (χ1) is 15.4. The van der Waals surface area contributed by atoms with Crippen molar-refractivity contribution in [3.8, 4) is 5.75 Å². The number of halogens is 2. The average Bonchev–Trinajstić information content (AvgIpc) is 3.06. The van der Waals surface area contributed by atoms with Crippen LogP contribution in [0, 0.1) is 0 Å². The largest absolute Gasteiger partial charge is 0.507 e. The fraction of sp³-hybridized carbons (Fsp3) is 0.125. The number of hydrogen-bond donors (Lipinski definition) is 1. The lowest BCUT2D eigenvalue weighted by Gasteiger charge is -2.25.